The molecule has 0 aromatic rings. The molecule has 0 spiro atoms. The van der Waals surface area contributed by atoms with Crippen molar-refractivity contribution < 1.29 is 4.79 Å². The van der Waals surface area contributed by atoms with Gasteiger partial charge in [0.15, 0.2) is 0 Å². The van der Waals surface area contributed by atoms with Gasteiger partial charge in [-0.25, -0.2) is 0 Å². The zero-order valence-corrected chi connectivity index (χ0v) is 14.0. The van der Waals surface area contributed by atoms with Crippen LogP contribution in [0.25, 0.3) is 0 Å². The van der Waals surface area contributed by atoms with Gasteiger partial charge in [0.25, 0.3) is 0 Å². The van der Waals surface area contributed by atoms with Crippen molar-refractivity contribution in [1.29, 1.82) is 0 Å². The SMILES string of the molecule is CC(=O)C(C(C)C)C1(C(C)C)C2CC3CC(C2)CC1C3. The summed E-state index contributed by atoms with van der Waals surface area (Å²) in [7, 11) is 0. The van der Waals surface area contributed by atoms with Crippen molar-refractivity contribution in [3.8, 4) is 0 Å². The molecule has 1 heteroatoms. The maximum Gasteiger partial charge on any atom is 0.133 e. The highest BCUT2D eigenvalue weighted by atomic mass is 16.1. The third kappa shape index (κ3) is 1.84. The topological polar surface area (TPSA) is 17.1 Å². The quantitative estimate of drug-likeness (QED) is 0.710. The van der Waals surface area contributed by atoms with E-state index < -0.39 is 0 Å². The minimum absolute atomic E-state index is 0.289. The van der Waals surface area contributed by atoms with Crippen LogP contribution in [0.3, 0.4) is 0 Å². The lowest BCUT2D eigenvalue weighted by molar-refractivity contribution is -0.180. The van der Waals surface area contributed by atoms with Gasteiger partial charge in [-0.2, -0.15) is 0 Å². The van der Waals surface area contributed by atoms with Crippen molar-refractivity contribution in [2.24, 2.45) is 46.8 Å². The molecule has 4 saturated carbocycles. The highest BCUT2D eigenvalue weighted by Gasteiger charge is 2.62. The molecule has 4 aliphatic rings. The minimum atomic E-state index is 0.289. The number of carbonyl (C=O) groups excluding carboxylic acids is 1. The lowest BCUT2D eigenvalue weighted by Crippen LogP contribution is -2.60. The van der Waals surface area contributed by atoms with Gasteiger partial charge in [0.2, 0.25) is 0 Å². The van der Waals surface area contributed by atoms with E-state index in [1.165, 1.54) is 32.1 Å². The van der Waals surface area contributed by atoms with Gasteiger partial charge in [-0.1, -0.05) is 27.7 Å². The Bertz CT molecular complexity index is 365. The van der Waals surface area contributed by atoms with E-state index in [0.717, 1.165) is 23.7 Å². The smallest absolute Gasteiger partial charge is 0.133 e. The molecular weight excluding hydrogens is 244 g/mol. The van der Waals surface area contributed by atoms with E-state index in [0.29, 0.717) is 23.0 Å². The fraction of sp³-hybridized carbons (Fsp3) is 0.947. The van der Waals surface area contributed by atoms with Crippen LogP contribution in [-0.2, 0) is 4.79 Å². The second-order valence-corrected chi connectivity index (χ2v) is 8.79. The number of carbonyl (C=O) groups is 1. The van der Waals surface area contributed by atoms with Crippen LogP contribution in [0.5, 0.6) is 0 Å². The predicted molar refractivity (Wildman–Crippen MR) is 83.3 cm³/mol. The van der Waals surface area contributed by atoms with Crippen LogP contribution in [0.1, 0.15) is 66.7 Å². The van der Waals surface area contributed by atoms with Crippen LogP contribution in [0, 0.1) is 46.8 Å². The second kappa shape index (κ2) is 4.85. The van der Waals surface area contributed by atoms with Gasteiger partial charge in [-0.3, -0.25) is 4.79 Å². The molecule has 0 N–H and O–H groups in total. The zero-order chi connectivity index (χ0) is 14.7. The molecule has 4 bridgehead atoms. The standard InChI is InChI=1S/C19H32O/c1-11(2)18(13(5)20)19(12(3)4)16-7-14-6-15(9-16)10-17(19)8-14/h11-12,14-18H,6-10H2,1-5H3. The normalized spacial score (nSPS) is 44.4. The van der Waals surface area contributed by atoms with Crippen LogP contribution in [-0.4, -0.2) is 5.78 Å². The summed E-state index contributed by atoms with van der Waals surface area (Å²) >= 11 is 0. The molecule has 0 heterocycles. The second-order valence-electron chi connectivity index (χ2n) is 8.79. The van der Waals surface area contributed by atoms with E-state index in [-0.39, 0.29) is 5.92 Å². The van der Waals surface area contributed by atoms with Crippen LogP contribution in [0.2, 0.25) is 0 Å². The van der Waals surface area contributed by atoms with Crippen molar-refractivity contribution in [1.82, 2.24) is 0 Å². The average molecular weight is 276 g/mol. The first-order valence-electron chi connectivity index (χ1n) is 8.87. The van der Waals surface area contributed by atoms with Crippen LogP contribution >= 0.6 is 0 Å². The third-order valence-corrected chi connectivity index (χ3v) is 7.20. The Morgan fingerprint density at radius 3 is 1.65 bits per heavy atom. The van der Waals surface area contributed by atoms with E-state index in [1.807, 2.05) is 6.92 Å². The van der Waals surface area contributed by atoms with E-state index in [9.17, 15) is 4.79 Å². The lowest BCUT2D eigenvalue weighted by atomic mass is 9.38. The van der Waals surface area contributed by atoms with Gasteiger partial charge in [0.1, 0.15) is 5.78 Å². The number of ketones is 1. The molecule has 4 aliphatic carbocycles. The zero-order valence-electron chi connectivity index (χ0n) is 14.0. The number of rotatable bonds is 4. The summed E-state index contributed by atoms with van der Waals surface area (Å²) in [5.74, 6) is 5.53. The van der Waals surface area contributed by atoms with Gasteiger partial charge in [0, 0.05) is 5.92 Å². The van der Waals surface area contributed by atoms with Crippen molar-refractivity contribution in [3.63, 3.8) is 0 Å². The molecule has 4 rings (SSSR count). The molecule has 1 unspecified atom stereocenters. The maximum atomic E-state index is 12.5. The summed E-state index contributed by atoms with van der Waals surface area (Å²) < 4.78 is 0. The van der Waals surface area contributed by atoms with Crippen LogP contribution in [0.15, 0.2) is 0 Å². The van der Waals surface area contributed by atoms with E-state index in [1.54, 1.807) is 0 Å². The molecule has 0 saturated heterocycles. The van der Waals surface area contributed by atoms with Crippen molar-refractivity contribution in [2.45, 2.75) is 66.7 Å². The fourth-order valence-electron chi connectivity index (χ4n) is 7.21. The van der Waals surface area contributed by atoms with E-state index in [4.69, 9.17) is 0 Å². The largest absolute Gasteiger partial charge is 0.300 e. The van der Waals surface area contributed by atoms with Crippen molar-refractivity contribution >= 4 is 5.78 Å². The highest BCUT2D eigenvalue weighted by molar-refractivity contribution is 5.79. The average Bonchev–Trinajstić information content (AvgIpc) is 2.31. The Morgan fingerprint density at radius 2 is 1.35 bits per heavy atom. The summed E-state index contributed by atoms with van der Waals surface area (Å²) in [5.41, 5.74) is 0.313. The monoisotopic (exact) mass is 276 g/mol. The number of hydrogen-bond acceptors (Lipinski definition) is 1. The summed E-state index contributed by atoms with van der Waals surface area (Å²) in [6.45, 7) is 11.2. The van der Waals surface area contributed by atoms with E-state index >= 15 is 0 Å². The molecule has 4 fully saturated rings. The molecule has 0 aliphatic heterocycles. The Labute approximate surface area is 124 Å². The van der Waals surface area contributed by atoms with Gasteiger partial charge >= 0.3 is 0 Å². The molecule has 0 amide bonds. The molecule has 0 aromatic carbocycles. The lowest BCUT2D eigenvalue weighted by Gasteiger charge is -2.66. The summed E-state index contributed by atoms with van der Waals surface area (Å²) in [6, 6.07) is 0. The van der Waals surface area contributed by atoms with Crippen molar-refractivity contribution in [3.05, 3.63) is 0 Å². The van der Waals surface area contributed by atoms with Crippen LogP contribution < -0.4 is 0 Å². The van der Waals surface area contributed by atoms with Gasteiger partial charge in [0.05, 0.1) is 0 Å². The Hall–Kier alpha value is -0.330. The predicted octanol–water partition coefficient (Wildman–Crippen LogP) is 4.95. The van der Waals surface area contributed by atoms with Crippen molar-refractivity contribution in [2.75, 3.05) is 0 Å². The first-order valence-corrected chi connectivity index (χ1v) is 8.87. The first kappa shape index (κ1) is 14.6. The maximum absolute atomic E-state index is 12.5. The first-order chi connectivity index (χ1) is 9.37. The molecule has 20 heavy (non-hydrogen) atoms. The van der Waals surface area contributed by atoms with Gasteiger partial charge in [-0.05, 0) is 80.0 Å². The highest BCUT2D eigenvalue weighted by Crippen LogP contribution is 2.68. The third-order valence-electron chi connectivity index (χ3n) is 7.20. The number of hydrogen-bond donors (Lipinski definition) is 0. The summed E-state index contributed by atoms with van der Waals surface area (Å²) in [4.78, 5) is 12.5. The molecule has 114 valence electrons. The molecular formula is C19H32O. The Balaban J connectivity index is 2.06. The van der Waals surface area contributed by atoms with Gasteiger partial charge < -0.3 is 0 Å². The molecule has 1 nitrogen and oxygen atoms in total. The number of Topliss-reactive ketones (excluding diaryl/α,β-unsaturated/α-hetero) is 1. The fourth-order valence-corrected chi connectivity index (χ4v) is 7.21. The summed E-state index contributed by atoms with van der Waals surface area (Å²) in [6.07, 6.45) is 7.17. The molecule has 0 aromatic heterocycles. The van der Waals surface area contributed by atoms with Crippen LogP contribution in [0.4, 0.5) is 0 Å². The molecule has 0 radical (unpaired) electrons. The molecule has 1 atom stereocenters. The Kier molecular flexibility index (Phi) is 3.54. The minimum Gasteiger partial charge on any atom is -0.300 e. The van der Waals surface area contributed by atoms with E-state index in [2.05, 4.69) is 27.7 Å². The van der Waals surface area contributed by atoms with Gasteiger partial charge in [-0.15, -0.1) is 0 Å². The Morgan fingerprint density at radius 1 is 0.900 bits per heavy atom. The summed E-state index contributed by atoms with van der Waals surface area (Å²) in [5, 5.41) is 0.